The van der Waals surface area contributed by atoms with Gasteiger partial charge < -0.3 is 9.80 Å². The zero-order valence-electron chi connectivity index (χ0n) is 19.1. The molecule has 0 atom stereocenters. The number of likely N-dealkylation sites (tertiary alicyclic amines) is 2. The number of allylic oxidation sites excluding steroid dienone is 1. The van der Waals surface area contributed by atoms with Crippen LogP contribution in [0.25, 0.3) is 0 Å². The number of carbonyl (C=O) groups is 1. The topological polar surface area (TPSA) is 23.6 Å². The van der Waals surface area contributed by atoms with Crippen molar-refractivity contribution in [3.8, 4) is 0 Å². The van der Waals surface area contributed by atoms with Crippen molar-refractivity contribution < 1.29 is 4.79 Å². The Morgan fingerprint density at radius 2 is 1.30 bits per heavy atom. The van der Waals surface area contributed by atoms with Gasteiger partial charge in [-0.1, -0.05) is 47.6 Å². The molecule has 2 heterocycles. The van der Waals surface area contributed by atoms with Gasteiger partial charge in [0.2, 0.25) is 5.91 Å². The first-order valence-electron chi connectivity index (χ1n) is 11.3. The molecule has 158 valence electrons. The van der Waals surface area contributed by atoms with E-state index in [4.69, 9.17) is 0 Å². The molecule has 2 rings (SSSR count). The van der Waals surface area contributed by atoms with Gasteiger partial charge in [0, 0.05) is 32.6 Å². The van der Waals surface area contributed by atoms with Crippen LogP contribution in [-0.4, -0.2) is 41.9 Å². The van der Waals surface area contributed by atoms with Crippen LogP contribution in [0.3, 0.4) is 0 Å². The molecule has 0 bridgehead atoms. The largest absolute Gasteiger partial charge is 0.378 e. The second kappa shape index (κ2) is 11.8. The van der Waals surface area contributed by atoms with E-state index in [1.165, 1.54) is 58.0 Å². The first-order chi connectivity index (χ1) is 12.6. The lowest BCUT2D eigenvalue weighted by Crippen LogP contribution is -2.35. The number of rotatable bonds is 4. The molecular formula is C24H46N2O. The Labute approximate surface area is 169 Å². The highest BCUT2D eigenvalue weighted by Gasteiger charge is 2.19. The summed E-state index contributed by atoms with van der Waals surface area (Å²) < 4.78 is 0. The van der Waals surface area contributed by atoms with Gasteiger partial charge in [-0.05, 0) is 68.4 Å². The molecule has 2 fully saturated rings. The van der Waals surface area contributed by atoms with Crippen LogP contribution in [0.15, 0.2) is 12.3 Å². The van der Waals surface area contributed by atoms with E-state index in [0.717, 1.165) is 25.9 Å². The Morgan fingerprint density at radius 1 is 0.778 bits per heavy atom. The molecule has 0 N–H and O–H groups in total. The highest BCUT2D eigenvalue weighted by molar-refractivity contribution is 5.76. The molecule has 1 amide bonds. The lowest BCUT2D eigenvalue weighted by Gasteiger charge is -2.28. The Kier molecular flexibility index (Phi) is 10.5. The van der Waals surface area contributed by atoms with Gasteiger partial charge in [0.15, 0.2) is 0 Å². The van der Waals surface area contributed by atoms with Crippen LogP contribution in [0.2, 0.25) is 0 Å². The molecule has 3 heteroatoms. The highest BCUT2D eigenvalue weighted by atomic mass is 16.2. The lowest BCUT2D eigenvalue weighted by molar-refractivity contribution is -0.132. The molecule has 0 aromatic heterocycles. The zero-order valence-corrected chi connectivity index (χ0v) is 19.1. The van der Waals surface area contributed by atoms with E-state index in [0.29, 0.717) is 11.3 Å². The van der Waals surface area contributed by atoms with Gasteiger partial charge in [0.25, 0.3) is 0 Å². The number of amides is 1. The Hall–Kier alpha value is -0.990. The van der Waals surface area contributed by atoms with E-state index in [1.54, 1.807) is 0 Å². The normalized spacial score (nSPS) is 19.0. The Balaban J connectivity index is 0.000000271. The second-order valence-corrected chi connectivity index (χ2v) is 10.7. The summed E-state index contributed by atoms with van der Waals surface area (Å²) in [7, 11) is 0. The fourth-order valence-electron chi connectivity index (χ4n) is 3.41. The molecule has 2 aliphatic rings. The summed E-state index contributed by atoms with van der Waals surface area (Å²) in [5, 5.41) is 0. The van der Waals surface area contributed by atoms with Crippen molar-refractivity contribution in [3.63, 3.8) is 0 Å². The van der Waals surface area contributed by atoms with Gasteiger partial charge in [-0.2, -0.15) is 0 Å². The van der Waals surface area contributed by atoms with Crippen molar-refractivity contribution >= 4 is 5.91 Å². The number of nitrogens with zero attached hydrogens (tertiary/aromatic N) is 2. The Bertz CT molecular complexity index is 430. The van der Waals surface area contributed by atoms with Gasteiger partial charge in [0.05, 0.1) is 0 Å². The zero-order chi connectivity index (χ0) is 20.3. The molecule has 2 saturated heterocycles. The number of piperidine rings is 2. The van der Waals surface area contributed by atoms with Crippen molar-refractivity contribution in [1.82, 2.24) is 9.80 Å². The fourth-order valence-corrected chi connectivity index (χ4v) is 3.41. The van der Waals surface area contributed by atoms with Gasteiger partial charge >= 0.3 is 0 Å². The molecule has 0 saturated carbocycles. The fraction of sp³-hybridized carbons (Fsp3) is 0.875. The number of carbonyl (C=O) groups excluding carboxylic acids is 1. The van der Waals surface area contributed by atoms with Crippen LogP contribution in [0.1, 0.15) is 99.3 Å². The van der Waals surface area contributed by atoms with Crippen LogP contribution >= 0.6 is 0 Å². The van der Waals surface area contributed by atoms with Crippen molar-refractivity contribution in [3.05, 3.63) is 12.3 Å². The molecule has 0 aromatic carbocycles. The van der Waals surface area contributed by atoms with Gasteiger partial charge in [-0.25, -0.2) is 0 Å². The van der Waals surface area contributed by atoms with Gasteiger partial charge in [0.1, 0.15) is 0 Å². The quantitative estimate of drug-likeness (QED) is 0.577. The van der Waals surface area contributed by atoms with Crippen LogP contribution in [-0.2, 0) is 4.79 Å². The van der Waals surface area contributed by atoms with E-state index < -0.39 is 0 Å². The summed E-state index contributed by atoms with van der Waals surface area (Å²) in [4.78, 5) is 16.3. The van der Waals surface area contributed by atoms with E-state index in [1.807, 2.05) is 4.90 Å². The molecule has 3 nitrogen and oxygen atoms in total. The van der Waals surface area contributed by atoms with Crippen LogP contribution in [0.4, 0.5) is 0 Å². The van der Waals surface area contributed by atoms with E-state index in [2.05, 4.69) is 58.7 Å². The van der Waals surface area contributed by atoms with Crippen molar-refractivity contribution in [2.45, 2.75) is 99.3 Å². The minimum absolute atomic E-state index is 0.283. The predicted molar refractivity (Wildman–Crippen MR) is 118 cm³/mol. The van der Waals surface area contributed by atoms with Gasteiger partial charge in [-0.3, -0.25) is 4.79 Å². The third-order valence-electron chi connectivity index (χ3n) is 5.23. The molecule has 0 aromatic rings. The molecule has 2 aliphatic heterocycles. The molecule has 0 radical (unpaired) electrons. The molecule has 0 unspecified atom stereocenters. The standard InChI is InChI=1S/C12H23NO.C12H23N/c1-12(2,3)8-7-11(14)13-9-5-4-6-10-13;1-12(2,3)8-7-11-13-9-5-4-6-10-13/h4-10H2,1-3H3;7,11H,4-6,8-10H2,1-3H3/b;11-7+. The Morgan fingerprint density at radius 3 is 1.78 bits per heavy atom. The van der Waals surface area contributed by atoms with Crippen LogP contribution in [0.5, 0.6) is 0 Å². The summed E-state index contributed by atoms with van der Waals surface area (Å²) in [6, 6.07) is 0. The third-order valence-corrected chi connectivity index (χ3v) is 5.23. The van der Waals surface area contributed by atoms with Crippen molar-refractivity contribution in [2.75, 3.05) is 26.2 Å². The van der Waals surface area contributed by atoms with Crippen molar-refractivity contribution in [2.24, 2.45) is 10.8 Å². The summed E-state index contributed by atoms with van der Waals surface area (Å²) in [6.07, 6.45) is 15.4. The first-order valence-corrected chi connectivity index (χ1v) is 11.3. The molecule has 27 heavy (non-hydrogen) atoms. The molecular weight excluding hydrogens is 332 g/mol. The SMILES string of the molecule is CC(C)(C)C/C=C/N1CCCCC1.CC(C)(C)CCC(=O)N1CCCCC1. The van der Waals surface area contributed by atoms with Crippen LogP contribution in [0, 0.1) is 10.8 Å². The van der Waals surface area contributed by atoms with Crippen molar-refractivity contribution in [1.29, 1.82) is 0 Å². The maximum atomic E-state index is 11.8. The smallest absolute Gasteiger partial charge is 0.222 e. The summed E-state index contributed by atoms with van der Waals surface area (Å²) in [6.45, 7) is 17.9. The molecule has 0 aliphatic carbocycles. The van der Waals surface area contributed by atoms with Crippen LogP contribution < -0.4 is 0 Å². The molecule has 0 spiro atoms. The average molecular weight is 379 g/mol. The summed E-state index contributed by atoms with van der Waals surface area (Å²) in [5.74, 6) is 0.361. The number of hydrogen-bond donors (Lipinski definition) is 0. The summed E-state index contributed by atoms with van der Waals surface area (Å²) in [5.41, 5.74) is 0.720. The maximum Gasteiger partial charge on any atom is 0.222 e. The first kappa shape index (κ1) is 24.0. The second-order valence-electron chi connectivity index (χ2n) is 10.7. The van der Waals surface area contributed by atoms with E-state index in [9.17, 15) is 4.79 Å². The third kappa shape index (κ3) is 12.9. The highest BCUT2D eigenvalue weighted by Crippen LogP contribution is 2.22. The van der Waals surface area contributed by atoms with Gasteiger partial charge in [-0.15, -0.1) is 0 Å². The van der Waals surface area contributed by atoms with E-state index in [-0.39, 0.29) is 5.41 Å². The monoisotopic (exact) mass is 378 g/mol. The average Bonchev–Trinajstić information content (AvgIpc) is 2.60. The number of hydrogen-bond acceptors (Lipinski definition) is 2. The maximum absolute atomic E-state index is 11.8. The summed E-state index contributed by atoms with van der Waals surface area (Å²) >= 11 is 0. The minimum atomic E-state index is 0.283. The minimum Gasteiger partial charge on any atom is -0.378 e. The predicted octanol–water partition coefficient (Wildman–Crippen LogP) is 6.25. The lowest BCUT2D eigenvalue weighted by atomic mass is 9.90. The van der Waals surface area contributed by atoms with E-state index >= 15 is 0 Å².